The van der Waals surface area contributed by atoms with Crippen LogP contribution in [0.3, 0.4) is 0 Å². The zero-order chi connectivity index (χ0) is 18.5. The zero-order valence-corrected chi connectivity index (χ0v) is 15.3. The summed E-state index contributed by atoms with van der Waals surface area (Å²) in [5.41, 5.74) is 2.39. The Kier molecular flexibility index (Phi) is 5.62. The Morgan fingerprint density at radius 1 is 1.19 bits per heavy atom. The van der Waals surface area contributed by atoms with Crippen molar-refractivity contribution in [3.63, 3.8) is 0 Å². The van der Waals surface area contributed by atoms with Crippen LogP contribution in [0.1, 0.15) is 38.9 Å². The third kappa shape index (κ3) is 3.91. The maximum absolute atomic E-state index is 9.47. The van der Waals surface area contributed by atoms with E-state index in [0.717, 1.165) is 23.3 Å². The number of imidazole rings is 1. The molecule has 0 bridgehead atoms. The van der Waals surface area contributed by atoms with Crippen molar-refractivity contribution in [1.29, 1.82) is 0 Å². The molecule has 0 fully saturated rings. The fourth-order valence-electron chi connectivity index (χ4n) is 2.62. The molecule has 8 nitrogen and oxygen atoms in total. The second-order valence-corrected chi connectivity index (χ2v) is 6.42. The van der Waals surface area contributed by atoms with Crippen LogP contribution in [0.4, 0.5) is 11.8 Å². The third-order valence-corrected chi connectivity index (χ3v) is 4.19. The molecule has 0 radical (unpaired) electrons. The smallest absolute Gasteiger partial charge is 0.227 e. The molecular formula is C18H25N7O. The van der Waals surface area contributed by atoms with E-state index in [-0.39, 0.29) is 18.7 Å². The van der Waals surface area contributed by atoms with E-state index in [1.807, 2.05) is 29.7 Å². The van der Waals surface area contributed by atoms with E-state index in [1.165, 1.54) is 0 Å². The lowest BCUT2D eigenvalue weighted by molar-refractivity contribution is 0.271. The fraction of sp³-hybridized carbons (Fsp3) is 0.444. The Balaban J connectivity index is 1.96. The minimum absolute atomic E-state index is 0.0258. The Bertz CT molecular complexity index is 843. The molecule has 138 valence electrons. The first kappa shape index (κ1) is 18.1. The summed E-state index contributed by atoms with van der Waals surface area (Å²) in [6.45, 7) is 6.74. The number of hydrogen-bond acceptors (Lipinski definition) is 7. The number of anilines is 2. The van der Waals surface area contributed by atoms with Crippen LogP contribution in [0.25, 0.3) is 11.2 Å². The summed E-state index contributed by atoms with van der Waals surface area (Å²) in [6.07, 6.45) is 4.32. The van der Waals surface area contributed by atoms with Crippen LogP contribution in [0, 0.1) is 0 Å². The van der Waals surface area contributed by atoms with Gasteiger partial charge in [-0.3, -0.25) is 4.98 Å². The van der Waals surface area contributed by atoms with Gasteiger partial charge in [-0.2, -0.15) is 9.97 Å². The largest absolute Gasteiger partial charge is 0.394 e. The number of nitrogens with one attached hydrogen (secondary N) is 2. The lowest BCUT2D eigenvalue weighted by atomic mass is 10.2. The summed E-state index contributed by atoms with van der Waals surface area (Å²) in [4.78, 5) is 18.0. The first-order chi connectivity index (χ1) is 12.6. The number of pyridine rings is 1. The molecule has 1 atom stereocenters. The van der Waals surface area contributed by atoms with Gasteiger partial charge in [0, 0.05) is 12.2 Å². The van der Waals surface area contributed by atoms with Gasteiger partial charge in [0.05, 0.1) is 31.2 Å². The summed E-state index contributed by atoms with van der Waals surface area (Å²) in [5, 5.41) is 16.0. The van der Waals surface area contributed by atoms with Crippen molar-refractivity contribution in [3.05, 3.63) is 36.4 Å². The summed E-state index contributed by atoms with van der Waals surface area (Å²) in [7, 11) is 0. The highest BCUT2D eigenvalue weighted by atomic mass is 16.3. The molecule has 3 N–H and O–H groups in total. The number of aliphatic hydroxyl groups excluding tert-OH is 1. The Morgan fingerprint density at radius 3 is 2.69 bits per heavy atom. The van der Waals surface area contributed by atoms with Crippen molar-refractivity contribution in [2.24, 2.45) is 0 Å². The molecule has 0 aliphatic rings. The first-order valence-corrected chi connectivity index (χ1v) is 8.88. The van der Waals surface area contributed by atoms with E-state index in [1.54, 1.807) is 12.5 Å². The Labute approximate surface area is 152 Å². The quantitative estimate of drug-likeness (QED) is 0.571. The molecule has 0 aromatic carbocycles. The van der Waals surface area contributed by atoms with Crippen LogP contribution < -0.4 is 10.6 Å². The lowest BCUT2D eigenvalue weighted by Crippen LogP contribution is -2.24. The van der Waals surface area contributed by atoms with Gasteiger partial charge in [-0.1, -0.05) is 13.0 Å². The third-order valence-electron chi connectivity index (χ3n) is 4.19. The lowest BCUT2D eigenvalue weighted by Gasteiger charge is -2.16. The van der Waals surface area contributed by atoms with Crippen LogP contribution in [0.15, 0.2) is 30.7 Å². The summed E-state index contributed by atoms with van der Waals surface area (Å²) < 4.78 is 2.01. The van der Waals surface area contributed by atoms with Gasteiger partial charge >= 0.3 is 0 Å². The molecular weight excluding hydrogens is 330 g/mol. The molecule has 3 heterocycles. The first-order valence-electron chi connectivity index (χ1n) is 8.88. The van der Waals surface area contributed by atoms with E-state index in [0.29, 0.717) is 18.3 Å². The van der Waals surface area contributed by atoms with Crippen LogP contribution in [0.2, 0.25) is 0 Å². The van der Waals surface area contributed by atoms with Gasteiger partial charge < -0.3 is 20.3 Å². The highest BCUT2D eigenvalue weighted by molar-refractivity contribution is 5.84. The highest BCUT2D eigenvalue weighted by Crippen LogP contribution is 2.24. The number of fused-ring (bicyclic) bond motifs is 1. The van der Waals surface area contributed by atoms with Crippen molar-refractivity contribution < 1.29 is 5.11 Å². The summed E-state index contributed by atoms with van der Waals surface area (Å²) in [5.74, 6) is 1.12. The van der Waals surface area contributed by atoms with Crippen molar-refractivity contribution in [3.8, 4) is 0 Å². The predicted molar refractivity (Wildman–Crippen MR) is 102 cm³/mol. The number of aromatic nitrogens is 5. The van der Waals surface area contributed by atoms with Crippen LogP contribution in [-0.4, -0.2) is 42.3 Å². The average molecular weight is 355 g/mol. The zero-order valence-electron chi connectivity index (χ0n) is 15.3. The van der Waals surface area contributed by atoms with Gasteiger partial charge in [-0.25, -0.2) is 4.98 Å². The molecule has 0 saturated carbocycles. The van der Waals surface area contributed by atoms with Crippen LogP contribution in [-0.2, 0) is 6.54 Å². The van der Waals surface area contributed by atoms with Gasteiger partial charge in [0.2, 0.25) is 5.95 Å². The van der Waals surface area contributed by atoms with Crippen molar-refractivity contribution in [2.75, 3.05) is 17.2 Å². The monoisotopic (exact) mass is 355 g/mol. The molecule has 3 aromatic heterocycles. The van der Waals surface area contributed by atoms with Gasteiger partial charge in [0.25, 0.3) is 0 Å². The van der Waals surface area contributed by atoms with Gasteiger partial charge in [-0.15, -0.1) is 0 Å². The second kappa shape index (κ2) is 8.09. The van der Waals surface area contributed by atoms with Crippen molar-refractivity contribution in [2.45, 2.75) is 45.8 Å². The highest BCUT2D eigenvalue weighted by Gasteiger charge is 2.16. The van der Waals surface area contributed by atoms with E-state index in [2.05, 4.69) is 44.4 Å². The van der Waals surface area contributed by atoms with Gasteiger partial charge in [-0.05, 0) is 32.4 Å². The van der Waals surface area contributed by atoms with Gasteiger partial charge in [0.15, 0.2) is 17.0 Å². The molecule has 8 heteroatoms. The van der Waals surface area contributed by atoms with E-state index < -0.39 is 0 Å². The molecule has 0 spiro atoms. The predicted octanol–water partition coefficient (Wildman–Crippen LogP) is 2.60. The molecule has 0 aliphatic heterocycles. The molecule has 0 amide bonds. The molecule has 0 aliphatic carbocycles. The Morgan fingerprint density at radius 2 is 2.04 bits per heavy atom. The maximum Gasteiger partial charge on any atom is 0.227 e. The van der Waals surface area contributed by atoms with Crippen LogP contribution >= 0.6 is 0 Å². The molecule has 0 unspecified atom stereocenters. The second-order valence-electron chi connectivity index (χ2n) is 6.42. The minimum Gasteiger partial charge on any atom is -0.394 e. The standard InChI is InChI=1S/C18H25N7O/c1-4-13(10-26)22-18-23-16(20-9-14-7-5-6-8-19-14)15-17(24-18)25(11-21-15)12(2)3/h5-8,11-13,26H,4,9-10H2,1-3H3,(H2,20,22,23,24)/t13-/m0/s1. The summed E-state index contributed by atoms with van der Waals surface area (Å²) >= 11 is 0. The van der Waals surface area contributed by atoms with Gasteiger partial charge in [0.1, 0.15) is 0 Å². The summed E-state index contributed by atoms with van der Waals surface area (Å²) in [6, 6.07) is 5.93. The van der Waals surface area contributed by atoms with Crippen molar-refractivity contribution >= 4 is 22.9 Å². The Hall–Kier alpha value is -2.74. The molecule has 3 aromatic rings. The molecule has 3 rings (SSSR count). The molecule has 0 saturated heterocycles. The SMILES string of the molecule is CC[C@@H](CO)Nc1nc(NCc2ccccn2)c2ncn(C(C)C)c2n1. The number of nitrogens with zero attached hydrogens (tertiary/aromatic N) is 5. The van der Waals surface area contributed by atoms with E-state index in [9.17, 15) is 5.11 Å². The number of hydrogen-bond donors (Lipinski definition) is 3. The van der Waals surface area contributed by atoms with Crippen LogP contribution in [0.5, 0.6) is 0 Å². The average Bonchev–Trinajstić information content (AvgIpc) is 3.09. The molecule has 26 heavy (non-hydrogen) atoms. The normalized spacial score (nSPS) is 12.5. The maximum atomic E-state index is 9.47. The fourth-order valence-corrected chi connectivity index (χ4v) is 2.62. The minimum atomic E-state index is -0.0912. The van der Waals surface area contributed by atoms with Crippen molar-refractivity contribution in [1.82, 2.24) is 24.5 Å². The topological polar surface area (TPSA) is 101 Å². The van der Waals surface area contributed by atoms with E-state index in [4.69, 9.17) is 0 Å². The number of rotatable bonds is 8. The van der Waals surface area contributed by atoms with E-state index >= 15 is 0 Å². The number of aliphatic hydroxyl groups is 1.